The van der Waals surface area contributed by atoms with Crippen molar-refractivity contribution < 1.29 is 9.53 Å². The van der Waals surface area contributed by atoms with Crippen LogP contribution in [0.2, 0.25) is 0 Å². The van der Waals surface area contributed by atoms with Crippen molar-refractivity contribution in [3.8, 4) is 0 Å². The van der Waals surface area contributed by atoms with Gasteiger partial charge in [-0.05, 0) is 57.4 Å². The Morgan fingerprint density at radius 1 is 1.21 bits per heavy atom. The molecule has 1 aliphatic carbocycles. The van der Waals surface area contributed by atoms with Crippen molar-refractivity contribution in [2.45, 2.75) is 78.1 Å². The van der Waals surface area contributed by atoms with E-state index >= 15 is 0 Å². The van der Waals surface area contributed by atoms with Gasteiger partial charge in [0.1, 0.15) is 16.5 Å². The van der Waals surface area contributed by atoms with Crippen molar-refractivity contribution in [2.75, 3.05) is 24.6 Å². The first-order chi connectivity index (χ1) is 14.1. The SMILES string of the molecule is CCOC(=O)C1CCCN(c2nc(C(C)CC)nc3sc4c(c23)CCCCC4)C1. The Morgan fingerprint density at radius 3 is 2.83 bits per heavy atom. The van der Waals surface area contributed by atoms with E-state index in [9.17, 15) is 4.79 Å². The van der Waals surface area contributed by atoms with Gasteiger partial charge in [-0.15, -0.1) is 11.3 Å². The van der Waals surface area contributed by atoms with Crippen LogP contribution >= 0.6 is 11.3 Å². The summed E-state index contributed by atoms with van der Waals surface area (Å²) in [7, 11) is 0. The predicted molar refractivity (Wildman–Crippen MR) is 119 cm³/mol. The van der Waals surface area contributed by atoms with Gasteiger partial charge >= 0.3 is 5.97 Å². The van der Waals surface area contributed by atoms with Crippen LogP contribution in [0.5, 0.6) is 0 Å². The van der Waals surface area contributed by atoms with E-state index in [-0.39, 0.29) is 11.9 Å². The Bertz CT molecular complexity index is 879. The fourth-order valence-corrected chi connectivity index (χ4v) is 5.85. The number of carbonyl (C=O) groups excluding carboxylic acids is 1. The first-order valence-electron chi connectivity index (χ1n) is 11.4. The maximum absolute atomic E-state index is 12.4. The summed E-state index contributed by atoms with van der Waals surface area (Å²) in [4.78, 5) is 27.5. The van der Waals surface area contributed by atoms with E-state index in [4.69, 9.17) is 14.7 Å². The maximum atomic E-state index is 12.4. The summed E-state index contributed by atoms with van der Waals surface area (Å²) < 4.78 is 5.33. The van der Waals surface area contributed by atoms with Gasteiger partial charge < -0.3 is 9.64 Å². The lowest BCUT2D eigenvalue weighted by Crippen LogP contribution is -2.40. The average molecular weight is 416 g/mol. The number of nitrogens with zero attached hydrogens (tertiary/aromatic N) is 3. The van der Waals surface area contributed by atoms with Crippen molar-refractivity contribution in [3.05, 3.63) is 16.3 Å². The Morgan fingerprint density at radius 2 is 2.03 bits per heavy atom. The summed E-state index contributed by atoms with van der Waals surface area (Å²) in [5.41, 5.74) is 1.48. The van der Waals surface area contributed by atoms with Crippen LogP contribution in [-0.4, -0.2) is 35.6 Å². The van der Waals surface area contributed by atoms with Crippen molar-refractivity contribution in [1.29, 1.82) is 0 Å². The van der Waals surface area contributed by atoms with E-state index in [1.165, 1.54) is 41.5 Å². The molecule has 0 N–H and O–H groups in total. The van der Waals surface area contributed by atoms with Gasteiger partial charge in [-0.3, -0.25) is 4.79 Å². The zero-order valence-corrected chi connectivity index (χ0v) is 18.8. The van der Waals surface area contributed by atoms with Crippen molar-refractivity contribution in [2.24, 2.45) is 5.92 Å². The van der Waals surface area contributed by atoms with Crippen LogP contribution in [0.4, 0.5) is 5.82 Å². The molecular formula is C23H33N3O2S. The molecule has 4 rings (SSSR count). The van der Waals surface area contributed by atoms with Crippen LogP contribution in [-0.2, 0) is 22.4 Å². The highest BCUT2D eigenvalue weighted by atomic mass is 32.1. The summed E-state index contributed by atoms with van der Waals surface area (Å²) >= 11 is 1.88. The third kappa shape index (κ3) is 4.14. The second kappa shape index (κ2) is 8.99. The van der Waals surface area contributed by atoms with Gasteiger partial charge in [0.25, 0.3) is 0 Å². The van der Waals surface area contributed by atoms with Gasteiger partial charge in [0, 0.05) is 23.9 Å². The fraction of sp³-hybridized carbons (Fsp3) is 0.696. The summed E-state index contributed by atoms with van der Waals surface area (Å²) in [6.07, 6.45) is 9.05. The predicted octanol–water partition coefficient (Wildman–Crippen LogP) is 5.25. The number of fused-ring (bicyclic) bond motifs is 3. The Hall–Kier alpha value is -1.69. The number of esters is 1. The fourth-order valence-electron chi connectivity index (χ4n) is 4.58. The molecule has 29 heavy (non-hydrogen) atoms. The lowest BCUT2D eigenvalue weighted by Gasteiger charge is -2.33. The summed E-state index contributed by atoms with van der Waals surface area (Å²) in [5, 5.41) is 1.27. The van der Waals surface area contributed by atoms with Crippen molar-refractivity contribution >= 4 is 33.3 Å². The van der Waals surface area contributed by atoms with Gasteiger partial charge in [-0.2, -0.15) is 0 Å². The second-order valence-electron chi connectivity index (χ2n) is 8.50. The molecule has 2 aromatic rings. The minimum absolute atomic E-state index is 0.0574. The highest BCUT2D eigenvalue weighted by Gasteiger charge is 2.31. The lowest BCUT2D eigenvalue weighted by atomic mass is 9.97. The molecule has 1 fully saturated rings. The van der Waals surface area contributed by atoms with Crippen molar-refractivity contribution in [3.63, 3.8) is 0 Å². The van der Waals surface area contributed by atoms with Crippen LogP contribution in [0.1, 0.15) is 81.5 Å². The van der Waals surface area contributed by atoms with E-state index in [1.807, 2.05) is 18.3 Å². The number of anilines is 1. The van der Waals surface area contributed by atoms with Gasteiger partial charge in [0.05, 0.1) is 17.9 Å². The lowest BCUT2D eigenvalue weighted by molar-refractivity contribution is -0.148. The van der Waals surface area contributed by atoms with E-state index < -0.39 is 0 Å². The molecule has 1 saturated heterocycles. The highest BCUT2D eigenvalue weighted by molar-refractivity contribution is 7.19. The number of piperidine rings is 1. The quantitative estimate of drug-likeness (QED) is 0.493. The first-order valence-corrected chi connectivity index (χ1v) is 12.2. The molecule has 0 radical (unpaired) electrons. The third-order valence-corrected chi connectivity index (χ3v) is 7.64. The molecule has 158 valence electrons. The van der Waals surface area contributed by atoms with Crippen LogP contribution in [0.25, 0.3) is 10.2 Å². The zero-order chi connectivity index (χ0) is 20.4. The smallest absolute Gasteiger partial charge is 0.310 e. The van der Waals surface area contributed by atoms with Gasteiger partial charge in [0.15, 0.2) is 0 Å². The number of hydrogen-bond donors (Lipinski definition) is 0. The molecule has 2 aliphatic rings. The van der Waals surface area contributed by atoms with Crippen LogP contribution < -0.4 is 4.90 Å². The Kier molecular flexibility index (Phi) is 6.38. The van der Waals surface area contributed by atoms with Gasteiger partial charge in [-0.1, -0.05) is 20.3 Å². The molecule has 1 aliphatic heterocycles. The number of aromatic nitrogens is 2. The van der Waals surface area contributed by atoms with Crippen LogP contribution in [0.15, 0.2) is 0 Å². The van der Waals surface area contributed by atoms with E-state index in [1.54, 1.807) is 0 Å². The number of ether oxygens (including phenoxy) is 1. The second-order valence-corrected chi connectivity index (χ2v) is 9.58. The molecule has 2 aromatic heterocycles. The van der Waals surface area contributed by atoms with Gasteiger partial charge in [0.2, 0.25) is 0 Å². The van der Waals surface area contributed by atoms with Crippen molar-refractivity contribution in [1.82, 2.24) is 9.97 Å². The molecule has 0 aromatic carbocycles. The molecule has 0 saturated carbocycles. The number of rotatable bonds is 5. The van der Waals surface area contributed by atoms with Crippen LogP contribution in [0.3, 0.4) is 0 Å². The van der Waals surface area contributed by atoms with Crippen LogP contribution in [0, 0.1) is 5.92 Å². The minimum atomic E-state index is -0.0613. The van der Waals surface area contributed by atoms with E-state index in [2.05, 4.69) is 18.7 Å². The standard InChI is InChI=1S/C23H33N3O2S/c1-4-15(3)20-24-21(26-13-9-10-16(14-26)23(27)28-5-2)19-17-11-7-6-8-12-18(17)29-22(19)25-20/h15-16H,4-14H2,1-3H3. The van der Waals surface area contributed by atoms with E-state index in [0.29, 0.717) is 19.1 Å². The number of aryl methyl sites for hydroxylation is 2. The van der Waals surface area contributed by atoms with Gasteiger partial charge in [-0.25, -0.2) is 9.97 Å². The Balaban J connectivity index is 1.78. The third-order valence-electron chi connectivity index (χ3n) is 6.46. The normalized spacial score (nSPS) is 20.9. The molecule has 2 atom stereocenters. The maximum Gasteiger partial charge on any atom is 0.310 e. The number of hydrogen-bond acceptors (Lipinski definition) is 6. The monoisotopic (exact) mass is 415 g/mol. The molecule has 0 spiro atoms. The summed E-state index contributed by atoms with van der Waals surface area (Å²) in [5.74, 6) is 2.24. The first kappa shape index (κ1) is 20.6. The topological polar surface area (TPSA) is 55.3 Å². The highest BCUT2D eigenvalue weighted by Crippen LogP contribution is 2.41. The molecule has 5 nitrogen and oxygen atoms in total. The summed E-state index contributed by atoms with van der Waals surface area (Å²) in [6.45, 7) is 8.39. The molecule has 6 heteroatoms. The number of carbonyl (C=O) groups is 1. The molecule has 0 bridgehead atoms. The number of thiophene rings is 1. The van der Waals surface area contributed by atoms with E-state index in [0.717, 1.165) is 48.7 Å². The summed E-state index contributed by atoms with van der Waals surface area (Å²) in [6, 6.07) is 0. The molecule has 2 unspecified atom stereocenters. The minimum Gasteiger partial charge on any atom is -0.466 e. The molecular weight excluding hydrogens is 382 g/mol. The Labute approximate surface area is 177 Å². The molecule has 0 amide bonds. The molecule has 3 heterocycles. The average Bonchev–Trinajstić information content (AvgIpc) is 2.93. The zero-order valence-electron chi connectivity index (χ0n) is 18.0. The largest absolute Gasteiger partial charge is 0.466 e.